The molecule has 2 aromatic heterocycles. The average molecular weight is 302 g/mol. The van der Waals surface area contributed by atoms with Crippen LogP contribution in [0.5, 0.6) is 0 Å². The molecule has 1 aliphatic heterocycles. The first kappa shape index (κ1) is 13.6. The maximum atomic E-state index is 12.2. The zero-order chi connectivity index (χ0) is 14.8. The normalized spacial score (nSPS) is 18.0. The number of rotatable bonds is 3. The molecule has 0 bridgehead atoms. The summed E-state index contributed by atoms with van der Waals surface area (Å²) in [4.78, 5) is 18.0. The molecule has 6 nitrogen and oxygen atoms in total. The van der Waals surface area contributed by atoms with E-state index in [1.807, 2.05) is 6.07 Å². The van der Waals surface area contributed by atoms with Crippen molar-refractivity contribution in [2.24, 2.45) is 5.92 Å². The minimum absolute atomic E-state index is 0.0465. The molecule has 0 N–H and O–H groups in total. The first-order chi connectivity index (χ1) is 10.2. The molecule has 3 rings (SSSR count). The van der Waals surface area contributed by atoms with Gasteiger partial charge in [0.2, 0.25) is 5.91 Å². The quantitative estimate of drug-likeness (QED) is 0.809. The van der Waals surface area contributed by atoms with Crippen LogP contribution in [0.4, 0.5) is 5.82 Å². The highest BCUT2D eigenvalue weighted by atomic mass is 35.5. The highest BCUT2D eigenvalue weighted by molar-refractivity contribution is 6.18. The molecule has 106 valence electrons. The third-order valence-corrected chi connectivity index (χ3v) is 3.85. The van der Waals surface area contributed by atoms with Crippen molar-refractivity contribution in [1.82, 2.24) is 14.8 Å². The van der Waals surface area contributed by atoms with Crippen molar-refractivity contribution in [3.8, 4) is 11.9 Å². The standard InChI is InChI=1S/C14H12ClN5O/c15-6-10-5-13(21)19(9-10)14-11(7-16)8-18-20(14)12-3-1-2-4-17-12/h1-4,8,10H,5-6,9H2. The second-order valence-corrected chi connectivity index (χ2v) is 5.13. The van der Waals surface area contributed by atoms with Gasteiger partial charge in [0.15, 0.2) is 11.6 Å². The third-order valence-electron chi connectivity index (χ3n) is 3.41. The Morgan fingerprint density at radius 3 is 2.95 bits per heavy atom. The van der Waals surface area contributed by atoms with E-state index < -0.39 is 0 Å². The second-order valence-electron chi connectivity index (χ2n) is 4.82. The highest BCUT2D eigenvalue weighted by Crippen LogP contribution is 2.29. The fourth-order valence-electron chi connectivity index (χ4n) is 2.42. The van der Waals surface area contributed by atoms with Crippen LogP contribution in [0.3, 0.4) is 0 Å². The Morgan fingerprint density at radius 2 is 2.33 bits per heavy atom. The Bertz CT molecular complexity index is 706. The third kappa shape index (κ3) is 2.36. The fraction of sp³-hybridized carbons (Fsp3) is 0.286. The number of pyridine rings is 1. The summed E-state index contributed by atoms with van der Waals surface area (Å²) in [5, 5.41) is 13.5. The number of nitrogens with zero attached hydrogens (tertiary/aromatic N) is 5. The molecule has 2 aromatic rings. The highest BCUT2D eigenvalue weighted by Gasteiger charge is 2.34. The van der Waals surface area contributed by atoms with Crippen LogP contribution in [0.1, 0.15) is 12.0 Å². The maximum absolute atomic E-state index is 12.2. The fourth-order valence-corrected chi connectivity index (χ4v) is 2.62. The van der Waals surface area contributed by atoms with Gasteiger partial charge in [-0.05, 0) is 18.1 Å². The van der Waals surface area contributed by atoms with Gasteiger partial charge in [-0.25, -0.2) is 4.98 Å². The summed E-state index contributed by atoms with van der Waals surface area (Å²) in [5.74, 6) is 1.50. The first-order valence-electron chi connectivity index (χ1n) is 6.50. The molecule has 1 atom stereocenters. The number of aromatic nitrogens is 3. The van der Waals surface area contributed by atoms with Gasteiger partial charge in [0, 0.05) is 25.0 Å². The smallest absolute Gasteiger partial charge is 0.228 e. The summed E-state index contributed by atoms with van der Waals surface area (Å²) in [6.07, 6.45) is 3.48. The van der Waals surface area contributed by atoms with Gasteiger partial charge < -0.3 is 0 Å². The lowest BCUT2D eigenvalue weighted by Gasteiger charge is -2.18. The number of nitriles is 1. The van der Waals surface area contributed by atoms with E-state index in [4.69, 9.17) is 11.6 Å². The number of hydrogen-bond donors (Lipinski definition) is 0. The minimum Gasteiger partial charge on any atom is -0.295 e. The van der Waals surface area contributed by atoms with Gasteiger partial charge >= 0.3 is 0 Å². The van der Waals surface area contributed by atoms with Crippen LogP contribution in [0.15, 0.2) is 30.6 Å². The number of amides is 1. The summed E-state index contributed by atoms with van der Waals surface area (Å²) in [5.41, 5.74) is 0.351. The molecule has 0 saturated carbocycles. The number of anilines is 1. The lowest BCUT2D eigenvalue weighted by molar-refractivity contribution is -0.117. The van der Waals surface area contributed by atoms with Crippen molar-refractivity contribution in [2.75, 3.05) is 17.3 Å². The van der Waals surface area contributed by atoms with Crippen molar-refractivity contribution in [1.29, 1.82) is 5.26 Å². The summed E-state index contributed by atoms with van der Waals surface area (Å²) in [6, 6.07) is 7.47. The van der Waals surface area contributed by atoms with Gasteiger partial charge in [0.05, 0.1) is 6.20 Å². The SMILES string of the molecule is N#Cc1cnn(-c2ccccn2)c1N1CC(CCl)CC1=O. The Balaban J connectivity index is 2.08. The molecule has 1 fully saturated rings. The summed E-state index contributed by atoms with van der Waals surface area (Å²) >= 11 is 5.85. The van der Waals surface area contributed by atoms with Crippen molar-refractivity contribution < 1.29 is 4.79 Å². The van der Waals surface area contributed by atoms with Gasteiger partial charge in [-0.1, -0.05) is 6.07 Å². The van der Waals surface area contributed by atoms with Crippen LogP contribution in [0, 0.1) is 17.2 Å². The van der Waals surface area contributed by atoms with E-state index in [9.17, 15) is 10.1 Å². The van der Waals surface area contributed by atoms with Crippen molar-refractivity contribution in [3.63, 3.8) is 0 Å². The molecule has 7 heteroatoms. The molecular formula is C14H12ClN5O. The molecule has 3 heterocycles. The molecule has 0 aromatic carbocycles. The molecule has 1 saturated heterocycles. The molecule has 0 spiro atoms. The van der Waals surface area contributed by atoms with Crippen LogP contribution in [0.2, 0.25) is 0 Å². The van der Waals surface area contributed by atoms with Crippen LogP contribution in [0.25, 0.3) is 5.82 Å². The molecule has 1 aliphatic rings. The van der Waals surface area contributed by atoms with Gasteiger partial charge in [-0.2, -0.15) is 15.0 Å². The summed E-state index contributed by atoms with van der Waals surface area (Å²) < 4.78 is 1.52. The van der Waals surface area contributed by atoms with E-state index in [0.717, 1.165) is 0 Å². The van der Waals surface area contributed by atoms with E-state index >= 15 is 0 Å². The molecule has 1 amide bonds. The van der Waals surface area contributed by atoms with Crippen LogP contribution >= 0.6 is 11.6 Å². The zero-order valence-corrected chi connectivity index (χ0v) is 11.9. The Labute approximate surface area is 126 Å². The van der Waals surface area contributed by atoms with Gasteiger partial charge in [0.25, 0.3) is 0 Å². The van der Waals surface area contributed by atoms with Crippen molar-refractivity contribution >= 4 is 23.3 Å². The maximum Gasteiger partial charge on any atom is 0.228 e. The van der Waals surface area contributed by atoms with Gasteiger partial charge in [0.1, 0.15) is 11.6 Å². The van der Waals surface area contributed by atoms with Gasteiger partial charge in [-0.3, -0.25) is 9.69 Å². The predicted molar refractivity (Wildman–Crippen MR) is 77.3 cm³/mol. The Hall–Kier alpha value is -2.39. The van der Waals surface area contributed by atoms with Crippen molar-refractivity contribution in [2.45, 2.75) is 6.42 Å². The predicted octanol–water partition coefficient (Wildman–Crippen LogP) is 1.73. The number of halogens is 1. The van der Waals surface area contributed by atoms with E-state index in [1.165, 1.54) is 10.9 Å². The lowest BCUT2D eigenvalue weighted by Crippen LogP contribution is -2.28. The van der Waals surface area contributed by atoms with Crippen LogP contribution in [-0.2, 0) is 4.79 Å². The van der Waals surface area contributed by atoms with E-state index in [1.54, 1.807) is 23.2 Å². The van der Waals surface area contributed by atoms with Crippen LogP contribution in [-0.4, -0.2) is 33.1 Å². The number of carbonyl (C=O) groups is 1. The van der Waals surface area contributed by atoms with E-state index in [-0.39, 0.29) is 11.8 Å². The molecular weight excluding hydrogens is 290 g/mol. The van der Waals surface area contributed by atoms with Crippen molar-refractivity contribution in [3.05, 3.63) is 36.2 Å². The molecule has 0 radical (unpaired) electrons. The topological polar surface area (TPSA) is 74.8 Å². The summed E-state index contributed by atoms with van der Waals surface area (Å²) in [6.45, 7) is 0.496. The monoisotopic (exact) mass is 301 g/mol. The first-order valence-corrected chi connectivity index (χ1v) is 7.04. The number of carbonyl (C=O) groups excluding carboxylic acids is 1. The zero-order valence-electron chi connectivity index (χ0n) is 11.1. The largest absolute Gasteiger partial charge is 0.295 e. The second kappa shape index (κ2) is 5.54. The van der Waals surface area contributed by atoms with Crippen LogP contribution < -0.4 is 4.90 Å². The Morgan fingerprint density at radius 1 is 1.48 bits per heavy atom. The number of hydrogen-bond acceptors (Lipinski definition) is 4. The summed E-state index contributed by atoms with van der Waals surface area (Å²) in [7, 11) is 0. The van der Waals surface area contributed by atoms with Gasteiger partial charge in [-0.15, -0.1) is 11.6 Å². The molecule has 1 unspecified atom stereocenters. The van der Waals surface area contributed by atoms with E-state index in [0.29, 0.717) is 36.0 Å². The minimum atomic E-state index is -0.0465. The molecule has 0 aliphatic carbocycles. The average Bonchev–Trinajstić information content (AvgIpc) is 3.10. The number of alkyl halides is 1. The van der Waals surface area contributed by atoms with E-state index in [2.05, 4.69) is 16.2 Å². The lowest BCUT2D eigenvalue weighted by atomic mass is 10.1. The Kier molecular flexibility index (Phi) is 3.59. The molecule has 21 heavy (non-hydrogen) atoms.